The highest BCUT2D eigenvalue weighted by atomic mass is 16.4. The van der Waals surface area contributed by atoms with Crippen LogP contribution in [0.4, 0.5) is 0 Å². The molecule has 0 aromatic heterocycles. The second-order valence-electron chi connectivity index (χ2n) is 5.16. The summed E-state index contributed by atoms with van der Waals surface area (Å²) >= 11 is 0. The number of hydrogen-bond donors (Lipinski definition) is 1. The SMILES string of the molecule is CCCc1ccc(CN(C)CCCCC(=O)O)cc1. The van der Waals surface area contributed by atoms with Gasteiger partial charge in [-0.2, -0.15) is 0 Å². The van der Waals surface area contributed by atoms with Crippen LogP contribution in [0, 0.1) is 0 Å². The maximum absolute atomic E-state index is 10.4. The van der Waals surface area contributed by atoms with Gasteiger partial charge in [0.05, 0.1) is 0 Å². The van der Waals surface area contributed by atoms with Crippen LogP contribution in [-0.2, 0) is 17.8 Å². The summed E-state index contributed by atoms with van der Waals surface area (Å²) < 4.78 is 0. The van der Waals surface area contributed by atoms with Crippen molar-refractivity contribution in [2.45, 2.75) is 45.6 Å². The average molecular weight is 263 g/mol. The second kappa shape index (κ2) is 8.70. The summed E-state index contributed by atoms with van der Waals surface area (Å²) in [5.41, 5.74) is 2.72. The minimum absolute atomic E-state index is 0.277. The number of unbranched alkanes of at least 4 members (excludes halogenated alkanes) is 1. The monoisotopic (exact) mass is 263 g/mol. The van der Waals surface area contributed by atoms with Gasteiger partial charge in [0.15, 0.2) is 0 Å². The number of carboxylic acid groups (broad SMARTS) is 1. The molecular weight excluding hydrogens is 238 g/mol. The molecule has 1 rings (SSSR count). The van der Waals surface area contributed by atoms with Crippen LogP contribution in [0.5, 0.6) is 0 Å². The van der Waals surface area contributed by atoms with Crippen LogP contribution in [0.3, 0.4) is 0 Å². The molecule has 0 fully saturated rings. The largest absolute Gasteiger partial charge is 0.481 e. The Labute approximate surface area is 116 Å². The first-order valence-corrected chi connectivity index (χ1v) is 7.10. The number of carboxylic acids is 1. The van der Waals surface area contributed by atoms with Crippen LogP contribution in [0.2, 0.25) is 0 Å². The Balaban J connectivity index is 2.27. The number of aliphatic carboxylic acids is 1. The molecule has 0 amide bonds. The van der Waals surface area contributed by atoms with E-state index in [9.17, 15) is 4.79 Å². The fourth-order valence-electron chi connectivity index (χ4n) is 2.15. The predicted molar refractivity (Wildman–Crippen MR) is 78.3 cm³/mol. The summed E-state index contributed by atoms with van der Waals surface area (Å²) in [7, 11) is 2.08. The number of rotatable bonds is 9. The molecular formula is C16H25NO2. The molecule has 0 aliphatic carbocycles. The Bertz CT molecular complexity index is 373. The normalized spacial score (nSPS) is 10.9. The van der Waals surface area contributed by atoms with Gasteiger partial charge in [-0.25, -0.2) is 0 Å². The van der Waals surface area contributed by atoms with Crippen molar-refractivity contribution in [3.8, 4) is 0 Å². The van der Waals surface area contributed by atoms with E-state index in [1.54, 1.807) is 0 Å². The van der Waals surface area contributed by atoms with Crippen LogP contribution >= 0.6 is 0 Å². The van der Waals surface area contributed by atoms with E-state index in [0.29, 0.717) is 0 Å². The van der Waals surface area contributed by atoms with Gasteiger partial charge in [-0.15, -0.1) is 0 Å². The number of hydrogen-bond acceptors (Lipinski definition) is 2. The lowest BCUT2D eigenvalue weighted by molar-refractivity contribution is -0.137. The van der Waals surface area contributed by atoms with Crippen LogP contribution in [0.1, 0.15) is 43.7 Å². The Hall–Kier alpha value is -1.35. The maximum Gasteiger partial charge on any atom is 0.303 e. The Morgan fingerprint density at radius 2 is 1.79 bits per heavy atom. The molecule has 3 nitrogen and oxygen atoms in total. The van der Waals surface area contributed by atoms with E-state index < -0.39 is 5.97 Å². The molecule has 1 aromatic carbocycles. The van der Waals surface area contributed by atoms with E-state index >= 15 is 0 Å². The number of carbonyl (C=O) groups is 1. The molecule has 0 saturated carbocycles. The van der Waals surface area contributed by atoms with Crippen molar-refractivity contribution in [1.29, 1.82) is 0 Å². The van der Waals surface area contributed by atoms with E-state index in [2.05, 4.69) is 43.1 Å². The molecule has 0 aliphatic rings. The van der Waals surface area contributed by atoms with Crippen LogP contribution in [0.25, 0.3) is 0 Å². The summed E-state index contributed by atoms with van der Waals surface area (Å²) in [5.74, 6) is -0.700. The van der Waals surface area contributed by atoms with E-state index in [1.807, 2.05) is 0 Å². The Morgan fingerprint density at radius 3 is 2.37 bits per heavy atom. The highest BCUT2D eigenvalue weighted by Crippen LogP contribution is 2.09. The van der Waals surface area contributed by atoms with Crippen molar-refractivity contribution < 1.29 is 9.90 Å². The van der Waals surface area contributed by atoms with Crippen LogP contribution < -0.4 is 0 Å². The van der Waals surface area contributed by atoms with Gasteiger partial charge in [-0.1, -0.05) is 37.6 Å². The standard InChI is InChI=1S/C16H25NO2/c1-3-6-14-8-10-15(11-9-14)13-17(2)12-5-4-7-16(18)19/h8-11H,3-7,12-13H2,1-2H3,(H,18,19). The first-order valence-electron chi connectivity index (χ1n) is 7.10. The molecule has 0 aliphatic heterocycles. The maximum atomic E-state index is 10.4. The lowest BCUT2D eigenvalue weighted by Crippen LogP contribution is -2.19. The molecule has 0 radical (unpaired) electrons. The molecule has 0 spiro atoms. The van der Waals surface area contributed by atoms with Crippen molar-refractivity contribution in [2.75, 3.05) is 13.6 Å². The third-order valence-electron chi connectivity index (χ3n) is 3.19. The van der Waals surface area contributed by atoms with Crippen LogP contribution in [-0.4, -0.2) is 29.6 Å². The first-order chi connectivity index (χ1) is 9.11. The lowest BCUT2D eigenvalue weighted by atomic mass is 10.1. The fourth-order valence-corrected chi connectivity index (χ4v) is 2.15. The number of nitrogens with zero attached hydrogens (tertiary/aromatic N) is 1. The van der Waals surface area contributed by atoms with Crippen molar-refractivity contribution in [1.82, 2.24) is 4.90 Å². The van der Waals surface area contributed by atoms with E-state index in [4.69, 9.17) is 5.11 Å². The van der Waals surface area contributed by atoms with Gasteiger partial charge in [0.25, 0.3) is 0 Å². The summed E-state index contributed by atoms with van der Waals surface area (Å²) in [6.07, 6.45) is 4.31. The van der Waals surface area contributed by atoms with Gasteiger partial charge in [-0.3, -0.25) is 4.79 Å². The molecule has 3 heteroatoms. The number of aryl methyl sites for hydroxylation is 1. The predicted octanol–water partition coefficient (Wildman–Crippen LogP) is 3.33. The molecule has 1 aromatic rings. The van der Waals surface area contributed by atoms with Gasteiger partial charge in [0.1, 0.15) is 0 Å². The van der Waals surface area contributed by atoms with E-state index in [-0.39, 0.29) is 6.42 Å². The molecule has 1 N–H and O–H groups in total. The van der Waals surface area contributed by atoms with Crippen molar-refractivity contribution >= 4 is 5.97 Å². The molecule has 0 unspecified atom stereocenters. The highest BCUT2D eigenvalue weighted by molar-refractivity contribution is 5.66. The molecule has 19 heavy (non-hydrogen) atoms. The van der Waals surface area contributed by atoms with E-state index in [1.165, 1.54) is 17.5 Å². The third-order valence-corrected chi connectivity index (χ3v) is 3.19. The van der Waals surface area contributed by atoms with Crippen molar-refractivity contribution in [3.63, 3.8) is 0 Å². The zero-order chi connectivity index (χ0) is 14.1. The fraction of sp³-hybridized carbons (Fsp3) is 0.562. The second-order valence-corrected chi connectivity index (χ2v) is 5.16. The van der Waals surface area contributed by atoms with Gasteiger partial charge >= 0.3 is 5.97 Å². The zero-order valence-corrected chi connectivity index (χ0v) is 12.1. The Kier molecular flexibility index (Phi) is 7.19. The molecule has 106 valence electrons. The van der Waals surface area contributed by atoms with E-state index in [0.717, 1.165) is 32.4 Å². The summed E-state index contributed by atoms with van der Waals surface area (Å²) in [4.78, 5) is 12.7. The highest BCUT2D eigenvalue weighted by Gasteiger charge is 2.02. The molecule has 0 atom stereocenters. The van der Waals surface area contributed by atoms with Gasteiger partial charge in [-0.05, 0) is 44.0 Å². The smallest absolute Gasteiger partial charge is 0.303 e. The minimum atomic E-state index is -0.700. The summed E-state index contributed by atoms with van der Waals surface area (Å²) in [5, 5.41) is 8.57. The molecule has 0 bridgehead atoms. The number of benzene rings is 1. The first kappa shape index (κ1) is 15.7. The Morgan fingerprint density at radius 1 is 1.16 bits per heavy atom. The topological polar surface area (TPSA) is 40.5 Å². The lowest BCUT2D eigenvalue weighted by Gasteiger charge is -2.16. The van der Waals surface area contributed by atoms with Gasteiger partial charge < -0.3 is 10.0 Å². The van der Waals surface area contributed by atoms with Crippen molar-refractivity contribution in [2.24, 2.45) is 0 Å². The summed E-state index contributed by atoms with van der Waals surface area (Å²) in [6.45, 7) is 4.07. The molecule has 0 saturated heterocycles. The molecule has 0 heterocycles. The van der Waals surface area contributed by atoms with Gasteiger partial charge in [0, 0.05) is 13.0 Å². The zero-order valence-electron chi connectivity index (χ0n) is 12.1. The van der Waals surface area contributed by atoms with Crippen molar-refractivity contribution in [3.05, 3.63) is 35.4 Å². The van der Waals surface area contributed by atoms with Gasteiger partial charge in [0.2, 0.25) is 0 Å². The average Bonchev–Trinajstić information content (AvgIpc) is 2.37. The minimum Gasteiger partial charge on any atom is -0.481 e. The summed E-state index contributed by atoms with van der Waals surface area (Å²) in [6, 6.07) is 8.80. The third kappa shape index (κ3) is 6.97. The van der Waals surface area contributed by atoms with Crippen LogP contribution in [0.15, 0.2) is 24.3 Å². The quantitative estimate of drug-likeness (QED) is 0.695.